The minimum absolute atomic E-state index is 0.00682. The van der Waals surface area contributed by atoms with E-state index in [0.717, 1.165) is 57.8 Å². The van der Waals surface area contributed by atoms with Gasteiger partial charge in [0.25, 0.3) is 5.91 Å². The normalized spacial score (nSPS) is 42.5. The molecule has 1 aromatic rings. The Kier molecular flexibility index (Phi) is 9.17. The van der Waals surface area contributed by atoms with Crippen LogP contribution in [0.2, 0.25) is 0 Å². The van der Waals surface area contributed by atoms with E-state index in [9.17, 15) is 19.8 Å². The molecule has 0 unspecified atom stereocenters. The van der Waals surface area contributed by atoms with Crippen molar-refractivity contribution >= 4 is 17.7 Å². The van der Waals surface area contributed by atoms with Crippen LogP contribution >= 0.6 is 0 Å². The SMILES string of the molecule is CC(C)(C)OC(=O)Nc1ccc(C(=O)N[C@H]2CC[C@]3(C)[C@H]4C[C@@H](O)[C@@H]5[C@@H]([C@]6(C)CC[C@H](C(C)(C)O)O6)CC[C@@]5(C)[C@]4(C)CC[C@H]3C2(C)C)cc1. The number of nitrogens with one attached hydrogen (secondary N) is 2. The van der Waals surface area contributed by atoms with E-state index in [1.807, 2.05) is 34.6 Å². The van der Waals surface area contributed by atoms with Crippen LogP contribution in [0, 0.1) is 45.3 Å². The van der Waals surface area contributed by atoms with E-state index >= 15 is 0 Å². The first-order chi connectivity index (χ1) is 22.9. The summed E-state index contributed by atoms with van der Waals surface area (Å²) in [5, 5.41) is 29.2. The summed E-state index contributed by atoms with van der Waals surface area (Å²) in [4.78, 5) is 25.8. The highest BCUT2D eigenvalue weighted by Gasteiger charge is 2.72. The van der Waals surface area contributed by atoms with Crippen LogP contribution in [0.1, 0.15) is 144 Å². The molecular weight excluding hydrogens is 628 g/mol. The number of carbonyl (C=O) groups is 2. The van der Waals surface area contributed by atoms with E-state index in [1.165, 1.54) is 0 Å². The van der Waals surface area contributed by atoms with E-state index in [4.69, 9.17) is 9.47 Å². The average Bonchev–Trinajstić information content (AvgIpc) is 3.58. The molecule has 4 N–H and O–H groups in total. The second kappa shape index (κ2) is 12.2. The number of carbonyl (C=O) groups excluding carboxylic acids is 2. The number of benzene rings is 1. The molecule has 1 saturated heterocycles. The predicted molar refractivity (Wildman–Crippen MR) is 197 cm³/mol. The Morgan fingerprint density at radius 2 is 1.48 bits per heavy atom. The Labute approximate surface area is 301 Å². The molecule has 8 heteroatoms. The maximum absolute atomic E-state index is 13.6. The van der Waals surface area contributed by atoms with Crippen LogP contribution in [0.15, 0.2) is 24.3 Å². The molecule has 1 aliphatic heterocycles. The number of aliphatic hydroxyl groups excluding tert-OH is 1. The molecule has 50 heavy (non-hydrogen) atoms. The second-order valence-corrected chi connectivity index (χ2v) is 20.2. The van der Waals surface area contributed by atoms with Crippen LogP contribution in [-0.4, -0.2) is 57.3 Å². The van der Waals surface area contributed by atoms with Gasteiger partial charge in [-0.2, -0.15) is 0 Å². The van der Waals surface area contributed by atoms with E-state index in [2.05, 4.69) is 52.2 Å². The van der Waals surface area contributed by atoms with Gasteiger partial charge in [0.1, 0.15) is 5.60 Å². The zero-order chi connectivity index (χ0) is 36.9. The Morgan fingerprint density at radius 3 is 2.08 bits per heavy atom. The fourth-order valence-electron chi connectivity index (χ4n) is 12.7. The topological polar surface area (TPSA) is 117 Å². The first-order valence-corrected chi connectivity index (χ1v) is 19.4. The van der Waals surface area contributed by atoms with Gasteiger partial charge >= 0.3 is 6.09 Å². The molecule has 8 nitrogen and oxygen atoms in total. The van der Waals surface area contributed by atoms with Gasteiger partial charge in [-0.1, -0.05) is 34.6 Å². The van der Waals surface area contributed by atoms with Gasteiger partial charge in [0.05, 0.1) is 23.4 Å². The minimum atomic E-state index is -0.870. The van der Waals surface area contributed by atoms with Crippen molar-refractivity contribution in [3.63, 3.8) is 0 Å². The van der Waals surface area contributed by atoms with Crippen molar-refractivity contribution in [3.05, 3.63) is 29.8 Å². The van der Waals surface area contributed by atoms with Gasteiger partial charge in [0.2, 0.25) is 0 Å². The lowest BCUT2D eigenvalue weighted by Gasteiger charge is -2.71. The van der Waals surface area contributed by atoms with Crippen molar-refractivity contribution in [3.8, 4) is 0 Å². The van der Waals surface area contributed by atoms with E-state index in [1.54, 1.807) is 24.3 Å². The van der Waals surface area contributed by atoms with Crippen molar-refractivity contribution in [1.29, 1.82) is 0 Å². The third kappa shape index (κ3) is 6.11. The van der Waals surface area contributed by atoms with Gasteiger partial charge in [-0.3, -0.25) is 10.1 Å². The summed E-state index contributed by atoms with van der Waals surface area (Å²) in [6.07, 6.45) is 7.88. The number of ether oxygens (including phenoxy) is 2. The van der Waals surface area contributed by atoms with Gasteiger partial charge in [-0.05, 0) is 169 Å². The van der Waals surface area contributed by atoms with Gasteiger partial charge in [0.15, 0.2) is 0 Å². The average molecular weight is 695 g/mol. The summed E-state index contributed by atoms with van der Waals surface area (Å²) in [6, 6.07) is 7.03. The Balaban J connectivity index is 1.16. The number of fused-ring (bicyclic) bond motifs is 5. The molecule has 5 fully saturated rings. The molecular formula is C42H66N2O6. The molecule has 11 atom stereocenters. The summed E-state index contributed by atoms with van der Waals surface area (Å²) >= 11 is 0. The molecule has 5 aliphatic rings. The molecule has 0 bridgehead atoms. The molecule has 6 rings (SSSR count). The van der Waals surface area contributed by atoms with Crippen molar-refractivity contribution < 1.29 is 29.3 Å². The van der Waals surface area contributed by atoms with Crippen LogP contribution in [0.25, 0.3) is 0 Å². The highest BCUT2D eigenvalue weighted by molar-refractivity contribution is 5.95. The Hall–Kier alpha value is -2.16. The number of aliphatic hydroxyl groups is 2. The fraction of sp³-hybridized carbons (Fsp3) is 0.810. The molecule has 2 amide bonds. The van der Waals surface area contributed by atoms with Crippen molar-refractivity contribution in [2.24, 2.45) is 45.3 Å². The van der Waals surface area contributed by atoms with Crippen molar-refractivity contribution in [1.82, 2.24) is 5.32 Å². The number of anilines is 1. The zero-order valence-electron chi connectivity index (χ0n) is 32.7. The van der Waals surface area contributed by atoms with Gasteiger partial charge in [0, 0.05) is 17.3 Å². The lowest BCUT2D eigenvalue weighted by molar-refractivity contribution is -0.240. The molecule has 1 aromatic carbocycles. The summed E-state index contributed by atoms with van der Waals surface area (Å²) in [6.45, 7) is 23.7. The summed E-state index contributed by atoms with van der Waals surface area (Å²) in [5.41, 5.74) is -0.601. The van der Waals surface area contributed by atoms with E-state index in [-0.39, 0.29) is 63.3 Å². The number of amides is 2. The minimum Gasteiger partial charge on any atom is -0.444 e. The highest BCUT2D eigenvalue weighted by atomic mass is 16.6. The summed E-state index contributed by atoms with van der Waals surface area (Å²) in [5.74, 6) is 1.18. The molecule has 4 aliphatic carbocycles. The molecule has 1 heterocycles. The molecule has 4 saturated carbocycles. The molecule has 280 valence electrons. The molecule has 0 spiro atoms. The van der Waals surface area contributed by atoms with Gasteiger partial charge < -0.3 is 25.0 Å². The van der Waals surface area contributed by atoms with Gasteiger partial charge in [-0.15, -0.1) is 0 Å². The van der Waals surface area contributed by atoms with Gasteiger partial charge in [-0.25, -0.2) is 4.79 Å². The maximum Gasteiger partial charge on any atom is 0.412 e. The lowest BCUT2D eigenvalue weighted by Crippen LogP contribution is -2.67. The molecule has 0 aromatic heterocycles. The first kappa shape index (κ1) is 37.6. The summed E-state index contributed by atoms with van der Waals surface area (Å²) < 4.78 is 12.1. The smallest absolute Gasteiger partial charge is 0.412 e. The standard InChI is InChI=1S/C42H66N2O6/c1-36(2,3)50-35(47)43-26-14-12-25(13-15-26)34(46)44-31-18-20-39(8)29(37(31,4)5)17-22-40(9)30(39)24-28(45)33-27(16-21-41(33,40)10)42(11)23-19-32(49-42)38(6,7)48/h12-15,27-33,45,48H,16-24H2,1-11H3,(H,43,47)(H,44,46)/t27-,28+,29-,30+,31-,32+,33-,39-,40+,41+,42-/m0/s1. The number of hydrogen-bond acceptors (Lipinski definition) is 6. The number of rotatable bonds is 5. The maximum atomic E-state index is 13.6. The van der Waals surface area contributed by atoms with Crippen LogP contribution < -0.4 is 10.6 Å². The zero-order valence-corrected chi connectivity index (χ0v) is 32.7. The Bertz CT molecular complexity index is 1460. The van der Waals surface area contributed by atoms with E-state index < -0.39 is 17.3 Å². The summed E-state index contributed by atoms with van der Waals surface area (Å²) in [7, 11) is 0. The van der Waals surface area contributed by atoms with Crippen LogP contribution in [0.3, 0.4) is 0 Å². The van der Waals surface area contributed by atoms with Crippen LogP contribution in [-0.2, 0) is 9.47 Å². The quantitative estimate of drug-likeness (QED) is 0.246. The van der Waals surface area contributed by atoms with Crippen LogP contribution in [0.5, 0.6) is 0 Å². The third-order valence-corrected chi connectivity index (χ3v) is 15.4. The Morgan fingerprint density at radius 1 is 0.840 bits per heavy atom. The van der Waals surface area contributed by atoms with E-state index in [0.29, 0.717) is 23.1 Å². The second-order valence-electron chi connectivity index (χ2n) is 20.2. The fourth-order valence-corrected chi connectivity index (χ4v) is 12.7. The first-order valence-electron chi connectivity index (χ1n) is 19.4. The highest BCUT2D eigenvalue weighted by Crippen LogP contribution is 2.76. The van der Waals surface area contributed by atoms with Crippen LogP contribution in [0.4, 0.5) is 10.5 Å². The molecule has 0 radical (unpaired) electrons. The number of hydrogen-bond donors (Lipinski definition) is 4. The van der Waals surface area contributed by atoms with Crippen molar-refractivity contribution in [2.45, 2.75) is 169 Å². The van der Waals surface area contributed by atoms with Crippen molar-refractivity contribution in [2.75, 3.05) is 5.32 Å². The lowest BCUT2D eigenvalue weighted by atomic mass is 9.35. The largest absolute Gasteiger partial charge is 0.444 e. The monoisotopic (exact) mass is 694 g/mol. The predicted octanol–water partition coefficient (Wildman–Crippen LogP) is 8.50. The third-order valence-electron chi connectivity index (χ3n) is 15.4.